The number of aliphatic hydroxyl groups excluding tert-OH is 2. The zero-order valence-corrected chi connectivity index (χ0v) is 7.37. The standard InChI is InChI=1S/C7H16N2O3/c1-7(2,8)6(12)9-3-5(11)4-10/h5,10-11H,3-4,8H2,1-2H3,(H,9,12). The lowest BCUT2D eigenvalue weighted by molar-refractivity contribution is -0.125. The van der Waals surface area contributed by atoms with Gasteiger partial charge in [0.2, 0.25) is 5.91 Å². The maximum atomic E-state index is 11.1. The third-order valence-electron chi connectivity index (χ3n) is 1.29. The van der Waals surface area contributed by atoms with Crippen molar-refractivity contribution in [3.8, 4) is 0 Å². The van der Waals surface area contributed by atoms with Gasteiger partial charge in [-0.2, -0.15) is 0 Å². The zero-order chi connectivity index (χ0) is 9.78. The van der Waals surface area contributed by atoms with Crippen molar-refractivity contribution in [1.29, 1.82) is 0 Å². The Morgan fingerprint density at radius 2 is 2.17 bits per heavy atom. The molecule has 0 saturated heterocycles. The fraction of sp³-hybridized carbons (Fsp3) is 0.857. The summed E-state index contributed by atoms with van der Waals surface area (Å²) in [6, 6.07) is 0. The highest BCUT2D eigenvalue weighted by molar-refractivity contribution is 5.84. The fourth-order valence-electron chi connectivity index (χ4n) is 0.503. The van der Waals surface area contributed by atoms with Gasteiger partial charge in [0.1, 0.15) is 0 Å². The van der Waals surface area contributed by atoms with Crippen molar-refractivity contribution < 1.29 is 15.0 Å². The van der Waals surface area contributed by atoms with Gasteiger partial charge in [-0.15, -0.1) is 0 Å². The first kappa shape index (κ1) is 11.4. The Labute approximate surface area is 71.6 Å². The molecule has 0 aliphatic rings. The summed E-state index contributed by atoms with van der Waals surface area (Å²) in [6.07, 6.45) is -0.920. The number of carbonyl (C=O) groups excluding carboxylic acids is 1. The van der Waals surface area contributed by atoms with E-state index in [0.717, 1.165) is 0 Å². The fourth-order valence-corrected chi connectivity index (χ4v) is 0.503. The molecule has 1 unspecified atom stereocenters. The molecule has 0 fully saturated rings. The number of carbonyl (C=O) groups is 1. The summed E-state index contributed by atoms with van der Waals surface area (Å²) in [4.78, 5) is 11.1. The lowest BCUT2D eigenvalue weighted by Crippen LogP contribution is -2.51. The second-order valence-electron chi connectivity index (χ2n) is 3.27. The average Bonchev–Trinajstić information content (AvgIpc) is 1.97. The number of hydrogen-bond donors (Lipinski definition) is 4. The van der Waals surface area contributed by atoms with Crippen LogP contribution < -0.4 is 11.1 Å². The van der Waals surface area contributed by atoms with Crippen molar-refractivity contribution in [1.82, 2.24) is 5.32 Å². The van der Waals surface area contributed by atoms with Gasteiger partial charge in [-0.1, -0.05) is 0 Å². The molecule has 0 spiro atoms. The molecule has 0 aliphatic carbocycles. The second kappa shape index (κ2) is 4.39. The van der Waals surface area contributed by atoms with Gasteiger partial charge in [0, 0.05) is 6.54 Å². The van der Waals surface area contributed by atoms with Gasteiger partial charge in [-0.25, -0.2) is 0 Å². The Bertz CT molecular complexity index is 153. The Balaban J connectivity index is 3.73. The lowest BCUT2D eigenvalue weighted by atomic mass is 10.1. The molecule has 0 saturated carbocycles. The van der Waals surface area contributed by atoms with Gasteiger partial charge in [0.15, 0.2) is 0 Å². The normalized spacial score (nSPS) is 14.1. The summed E-state index contributed by atoms with van der Waals surface area (Å²) in [7, 11) is 0. The second-order valence-corrected chi connectivity index (χ2v) is 3.27. The molecule has 0 aromatic carbocycles. The van der Waals surface area contributed by atoms with Crippen molar-refractivity contribution in [2.75, 3.05) is 13.2 Å². The number of rotatable bonds is 4. The minimum Gasteiger partial charge on any atom is -0.394 e. The quantitative estimate of drug-likeness (QED) is 0.406. The van der Waals surface area contributed by atoms with E-state index in [9.17, 15) is 4.79 Å². The number of aliphatic hydroxyl groups is 2. The maximum absolute atomic E-state index is 11.1. The highest BCUT2D eigenvalue weighted by atomic mass is 16.3. The van der Waals surface area contributed by atoms with E-state index in [1.165, 1.54) is 0 Å². The van der Waals surface area contributed by atoms with Crippen LogP contribution in [0.3, 0.4) is 0 Å². The van der Waals surface area contributed by atoms with Crippen LogP contribution in [-0.4, -0.2) is 40.9 Å². The summed E-state index contributed by atoms with van der Waals surface area (Å²) in [5.41, 5.74) is 4.50. The third-order valence-corrected chi connectivity index (χ3v) is 1.29. The van der Waals surface area contributed by atoms with Crippen molar-refractivity contribution in [3.63, 3.8) is 0 Å². The molecule has 72 valence electrons. The number of nitrogens with one attached hydrogen (secondary N) is 1. The van der Waals surface area contributed by atoms with Gasteiger partial charge < -0.3 is 21.3 Å². The van der Waals surface area contributed by atoms with Crippen LogP contribution in [0.15, 0.2) is 0 Å². The van der Waals surface area contributed by atoms with Gasteiger partial charge in [0.25, 0.3) is 0 Å². The van der Waals surface area contributed by atoms with E-state index in [-0.39, 0.29) is 19.1 Å². The number of nitrogens with two attached hydrogens (primary N) is 1. The van der Waals surface area contributed by atoms with Crippen molar-refractivity contribution in [3.05, 3.63) is 0 Å². The molecule has 0 heterocycles. The lowest BCUT2D eigenvalue weighted by Gasteiger charge is -2.18. The summed E-state index contributed by atoms with van der Waals surface area (Å²) < 4.78 is 0. The Hall–Kier alpha value is -0.650. The summed E-state index contributed by atoms with van der Waals surface area (Å²) >= 11 is 0. The van der Waals surface area contributed by atoms with E-state index in [4.69, 9.17) is 15.9 Å². The van der Waals surface area contributed by atoms with Gasteiger partial charge in [0.05, 0.1) is 18.2 Å². The molecule has 1 atom stereocenters. The van der Waals surface area contributed by atoms with Crippen LogP contribution in [0.2, 0.25) is 0 Å². The summed E-state index contributed by atoms with van der Waals surface area (Å²) in [5.74, 6) is -0.352. The molecule has 1 amide bonds. The monoisotopic (exact) mass is 176 g/mol. The van der Waals surface area contributed by atoms with Crippen molar-refractivity contribution >= 4 is 5.91 Å². The molecule has 0 aromatic heterocycles. The molecule has 12 heavy (non-hydrogen) atoms. The van der Waals surface area contributed by atoms with E-state index in [2.05, 4.69) is 5.32 Å². The predicted molar refractivity (Wildman–Crippen MR) is 44.4 cm³/mol. The highest BCUT2D eigenvalue weighted by Gasteiger charge is 2.21. The largest absolute Gasteiger partial charge is 0.394 e. The van der Waals surface area contributed by atoms with Gasteiger partial charge in [-0.3, -0.25) is 4.79 Å². The number of amides is 1. The molecular formula is C7H16N2O3. The zero-order valence-electron chi connectivity index (χ0n) is 7.37. The van der Waals surface area contributed by atoms with Crippen LogP contribution in [0.4, 0.5) is 0 Å². The summed E-state index contributed by atoms with van der Waals surface area (Å²) in [6.45, 7) is 2.78. The van der Waals surface area contributed by atoms with E-state index in [1.807, 2.05) is 0 Å². The molecule has 0 bridgehead atoms. The molecule has 0 aliphatic heterocycles. The first-order valence-electron chi connectivity index (χ1n) is 3.74. The van der Waals surface area contributed by atoms with Crippen LogP contribution in [0.25, 0.3) is 0 Å². The minimum atomic E-state index is -0.949. The molecule has 0 radical (unpaired) electrons. The van der Waals surface area contributed by atoms with Crippen LogP contribution in [0.1, 0.15) is 13.8 Å². The minimum absolute atomic E-state index is 0.0238. The predicted octanol–water partition coefficient (Wildman–Crippen LogP) is -1.81. The first-order chi connectivity index (χ1) is 5.38. The van der Waals surface area contributed by atoms with E-state index in [0.29, 0.717) is 0 Å². The molecule has 0 aromatic rings. The molecule has 0 rings (SSSR count). The van der Waals surface area contributed by atoms with Gasteiger partial charge in [-0.05, 0) is 13.8 Å². The molecular weight excluding hydrogens is 160 g/mol. The molecule has 5 N–H and O–H groups in total. The van der Waals surface area contributed by atoms with E-state index >= 15 is 0 Å². The summed E-state index contributed by atoms with van der Waals surface area (Å²) in [5, 5.41) is 19.7. The first-order valence-corrected chi connectivity index (χ1v) is 3.74. The van der Waals surface area contributed by atoms with Crippen molar-refractivity contribution in [2.45, 2.75) is 25.5 Å². The van der Waals surface area contributed by atoms with Crippen LogP contribution >= 0.6 is 0 Å². The Kier molecular flexibility index (Phi) is 4.16. The van der Waals surface area contributed by atoms with Crippen molar-refractivity contribution in [2.24, 2.45) is 5.73 Å². The highest BCUT2D eigenvalue weighted by Crippen LogP contribution is 1.95. The molecule has 5 heteroatoms. The van der Waals surface area contributed by atoms with Crippen LogP contribution in [0.5, 0.6) is 0 Å². The topological polar surface area (TPSA) is 95.6 Å². The Morgan fingerprint density at radius 3 is 2.50 bits per heavy atom. The van der Waals surface area contributed by atoms with Gasteiger partial charge >= 0.3 is 0 Å². The maximum Gasteiger partial charge on any atom is 0.239 e. The van der Waals surface area contributed by atoms with Crippen LogP contribution in [-0.2, 0) is 4.79 Å². The SMILES string of the molecule is CC(C)(N)C(=O)NCC(O)CO. The van der Waals surface area contributed by atoms with Crippen LogP contribution in [0, 0.1) is 0 Å². The number of hydrogen-bond acceptors (Lipinski definition) is 4. The molecule has 5 nitrogen and oxygen atoms in total. The average molecular weight is 176 g/mol. The van der Waals surface area contributed by atoms with E-state index in [1.54, 1.807) is 13.8 Å². The smallest absolute Gasteiger partial charge is 0.239 e. The van der Waals surface area contributed by atoms with E-state index < -0.39 is 11.6 Å². The third kappa shape index (κ3) is 4.27. The Morgan fingerprint density at radius 1 is 1.67 bits per heavy atom.